The lowest BCUT2D eigenvalue weighted by Gasteiger charge is -2.34. The molecule has 1 aliphatic carbocycles. The molecule has 2 amide bonds. The molecule has 20 heavy (non-hydrogen) atoms. The molecule has 0 aromatic heterocycles. The van der Waals surface area contributed by atoms with Gasteiger partial charge in [-0.2, -0.15) is 0 Å². The molecule has 1 aliphatic heterocycles. The van der Waals surface area contributed by atoms with Gasteiger partial charge in [-0.25, -0.2) is 0 Å². The van der Waals surface area contributed by atoms with E-state index in [-0.39, 0.29) is 24.4 Å². The topological polar surface area (TPSA) is 92.7 Å². The van der Waals surface area contributed by atoms with Gasteiger partial charge in [0.15, 0.2) is 0 Å². The van der Waals surface area contributed by atoms with Crippen LogP contribution in [0.4, 0.5) is 0 Å². The lowest BCUT2D eigenvalue weighted by Crippen LogP contribution is -2.50. The summed E-state index contributed by atoms with van der Waals surface area (Å²) < 4.78 is 0. The maximum absolute atomic E-state index is 12.7. The average molecular weight is 282 g/mol. The van der Waals surface area contributed by atoms with Crippen LogP contribution in [0, 0.1) is 5.41 Å². The Kier molecular flexibility index (Phi) is 4.65. The van der Waals surface area contributed by atoms with E-state index in [4.69, 9.17) is 11.5 Å². The summed E-state index contributed by atoms with van der Waals surface area (Å²) in [5.74, 6) is -0.127. The Morgan fingerprint density at radius 1 is 1.20 bits per heavy atom. The number of hydrogen-bond donors (Lipinski definition) is 2. The Balaban J connectivity index is 1.96. The molecule has 0 spiro atoms. The van der Waals surface area contributed by atoms with Gasteiger partial charge in [0.25, 0.3) is 0 Å². The minimum Gasteiger partial charge on any atom is -0.369 e. The van der Waals surface area contributed by atoms with E-state index in [0.29, 0.717) is 13.1 Å². The summed E-state index contributed by atoms with van der Waals surface area (Å²) in [4.78, 5) is 27.7. The van der Waals surface area contributed by atoms with Gasteiger partial charge >= 0.3 is 0 Å². The normalized spacial score (nSPS) is 32.1. The zero-order chi connectivity index (χ0) is 14.8. The molecule has 2 atom stereocenters. The minimum absolute atomic E-state index is 0.0278. The smallest absolute Gasteiger partial charge is 0.231 e. The van der Waals surface area contributed by atoms with Crippen molar-refractivity contribution in [2.24, 2.45) is 16.9 Å². The quantitative estimate of drug-likeness (QED) is 0.731. The molecule has 2 rings (SSSR count). The number of nitrogens with zero attached hydrogens (tertiary/aromatic N) is 2. The molecule has 114 valence electrons. The fraction of sp³-hybridized carbons (Fsp3) is 0.857. The minimum atomic E-state index is -0.404. The zero-order valence-electron chi connectivity index (χ0n) is 12.3. The van der Waals surface area contributed by atoms with Crippen LogP contribution in [0.2, 0.25) is 0 Å². The van der Waals surface area contributed by atoms with Crippen LogP contribution < -0.4 is 11.5 Å². The highest BCUT2D eigenvalue weighted by atomic mass is 16.2. The zero-order valence-corrected chi connectivity index (χ0v) is 12.3. The molecular formula is C14H26N4O2. The van der Waals surface area contributed by atoms with E-state index in [1.165, 1.54) is 0 Å². The average Bonchev–Trinajstić information content (AvgIpc) is 2.61. The summed E-state index contributed by atoms with van der Waals surface area (Å²) in [6, 6.07) is -0.0278. The van der Waals surface area contributed by atoms with Crippen molar-refractivity contribution in [3.8, 4) is 0 Å². The Hall–Kier alpha value is -1.14. The van der Waals surface area contributed by atoms with Crippen molar-refractivity contribution >= 4 is 11.8 Å². The van der Waals surface area contributed by atoms with Gasteiger partial charge in [0.1, 0.15) is 0 Å². The first-order chi connectivity index (χ1) is 9.43. The molecule has 2 aliphatic rings. The highest BCUT2D eigenvalue weighted by molar-refractivity contribution is 5.83. The summed E-state index contributed by atoms with van der Waals surface area (Å²) in [6.07, 6.45) is 3.73. The van der Waals surface area contributed by atoms with E-state index in [9.17, 15) is 9.59 Å². The highest BCUT2D eigenvalue weighted by Crippen LogP contribution is 2.38. The third-order valence-corrected chi connectivity index (χ3v) is 4.77. The standard InChI is InChI=1S/C14H26N4O2/c1-14(5-2-4-11(14)15)13(20)18-7-3-6-17(8-9-18)10-12(16)19/h11H,2-10,15H2,1H3,(H2,16,19). The molecule has 0 bridgehead atoms. The molecule has 2 fully saturated rings. The molecule has 0 aromatic rings. The summed E-state index contributed by atoms with van der Waals surface area (Å²) >= 11 is 0. The van der Waals surface area contributed by atoms with Gasteiger partial charge in [0.2, 0.25) is 11.8 Å². The van der Waals surface area contributed by atoms with Crippen molar-refractivity contribution in [3.63, 3.8) is 0 Å². The Labute approximate surface area is 120 Å². The first-order valence-electron chi connectivity index (χ1n) is 7.49. The van der Waals surface area contributed by atoms with Gasteiger partial charge < -0.3 is 16.4 Å². The van der Waals surface area contributed by atoms with Crippen molar-refractivity contribution in [3.05, 3.63) is 0 Å². The lowest BCUT2D eigenvalue weighted by atomic mass is 9.83. The Bertz CT molecular complexity index is 387. The van der Waals surface area contributed by atoms with E-state index >= 15 is 0 Å². The van der Waals surface area contributed by atoms with Crippen LogP contribution in [-0.2, 0) is 9.59 Å². The van der Waals surface area contributed by atoms with Gasteiger partial charge in [-0.1, -0.05) is 6.42 Å². The van der Waals surface area contributed by atoms with Gasteiger partial charge in [0, 0.05) is 32.2 Å². The second kappa shape index (κ2) is 6.10. The third kappa shape index (κ3) is 3.12. The van der Waals surface area contributed by atoms with Gasteiger partial charge in [0.05, 0.1) is 12.0 Å². The van der Waals surface area contributed by atoms with Gasteiger partial charge in [-0.3, -0.25) is 14.5 Å². The van der Waals surface area contributed by atoms with Crippen molar-refractivity contribution in [2.45, 2.75) is 38.6 Å². The van der Waals surface area contributed by atoms with E-state index in [1.54, 1.807) is 0 Å². The Morgan fingerprint density at radius 2 is 1.95 bits per heavy atom. The molecule has 0 radical (unpaired) electrons. The number of primary amides is 1. The molecule has 0 aromatic carbocycles. The molecule has 6 heteroatoms. The van der Waals surface area contributed by atoms with Crippen molar-refractivity contribution in [1.82, 2.24) is 9.80 Å². The van der Waals surface area contributed by atoms with Crippen LogP contribution in [0.25, 0.3) is 0 Å². The summed E-state index contributed by atoms with van der Waals surface area (Å²) in [5, 5.41) is 0. The van der Waals surface area contributed by atoms with E-state index in [1.807, 2.05) is 16.7 Å². The molecule has 2 unspecified atom stereocenters. The number of rotatable bonds is 3. The predicted molar refractivity (Wildman–Crippen MR) is 76.8 cm³/mol. The number of hydrogen-bond acceptors (Lipinski definition) is 4. The SMILES string of the molecule is CC1(C(=O)N2CCCN(CC(N)=O)CC2)CCCC1N. The van der Waals surface area contributed by atoms with Crippen LogP contribution >= 0.6 is 0 Å². The number of carbonyl (C=O) groups is 2. The predicted octanol–water partition coefficient (Wildman–Crippen LogP) is -0.476. The van der Waals surface area contributed by atoms with Crippen molar-refractivity contribution in [2.75, 3.05) is 32.7 Å². The molecule has 4 N–H and O–H groups in total. The van der Waals surface area contributed by atoms with E-state index in [2.05, 4.69) is 0 Å². The molecule has 1 heterocycles. The maximum Gasteiger partial charge on any atom is 0.231 e. The lowest BCUT2D eigenvalue weighted by molar-refractivity contribution is -0.141. The van der Waals surface area contributed by atoms with Crippen LogP contribution in [-0.4, -0.2) is 60.4 Å². The monoisotopic (exact) mass is 282 g/mol. The maximum atomic E-state index is 12.7. The Morgan fingerprint density at radius 3 is 2.55 bits per heavy atom. The van der Waals surface area contributed by atoms with Gasteiger partial charge in [-0.15, -0.1) is 0 Å². The molecule has 6 nitrogen and oxygen atoms in total. The van der Waals surface area contributed by atoms with Crippen molar-refractivity contribution in [1.29, 1.82) is 0 Å². The largest absolute Gasteiger partial charge is 0.369 e. The number of nitrogens with two attached hydrogens (primary N) is 2. The second-order valence-corrected chi connectivity index (χ2v) is 6.30. The summed E-state index contributed by atoms with van der Waals surface area (Å²) in [6.45, 7) is 5.21. The number of amides is 2. The first-order valence-corrected chi connectivity index (χ1v) is 7.49. The fourth-order valence-electron chi connectivity index (χ4n) is 3.37. The van der Waals surface area contributed by atoms with Crippen molar-refractivity contribution < 1.29 is 9.59 Å². The summed E-state index contributed by atoms with van der Waals surface area (Å²) in [7, 11) is 0. The van der Waals surface area contributed by atoms with Crippen LogP contribution in [0.1, 0.15) is 32.6 Å². The molecule has 1 saturated carbocycles. The van der Waals surface area contributed by atoms with E-state index in [0.717, 1.165) is 38.8 Å². The molecular weight excluding hydrogens is 256 g/mol. The fourth-order valence-corrected chi connectivity index (χ4v) is 3.37. The second-order valence-electron chi connectivity index (χ2n) is 6.30. The highest BCUT2D eigenvalue weighted by Gasteiger charge is 2.45. The van der Waals surface area contributed by atoms with Crippen LogP contribution in [0.15, 0.2) is 0 Å². The van der Waals surface area contributed by atoms with Crippen LogP contribution in [0.5, 0.6) is 0 Å². The summed E-state index contributed by atoms with van der Waals surface area (Å²) in [5.41, 5.74) is 11.0. The van der Waals surface area contributed by atoms with Crippen LogP contribution in [0.3, 0.4) is 0 Å². The first kappa shape index (κ1) is 15.3. The number of carbonyl (C=O) groups excluding carboxylic acids is 2. The van der Waals surface area contributed by atoms with E-state index < -0.39 is 5.41 Å². The van der Waals surface area contributed by atoms with Gasteiger partial charge in [-0.05, 0) is 26.2 Å². The third-order valence-electron chi connectivity index (χ3n) is 4.77. The molecule has 1 saturated heterocycles.